The van der Waals surface area contributed by atoms with Crippen molar-refractivity contribution >= 4 is 9.24 Å². The third-order valence-corrected chi connectivity index (χ3v) is 3.47. The Hall–Kier alpha value is 0.390. The molecule has 1 rings (SSSR count). The number of rotatable bonds is 0. The maximum atomic E-state index is 5.96. The van der Waals surface area contributed by atoms with Gasteiger partial charge in [0, 0.05) is 6.04 Å². The third kappa shape index (κ3) is 3.87. The van der Waals surface area contributed by atoms with Crippen LogP contribution in [0.2, 0.25) is 0 Å². The van der Waals surface area contributed by atoms with Gasteiger partial charge in [0.25, 0.3) is 0 Å². The van der Waals surface area contributed by atoms with Gasteiger partial charge in [0.2, 0.25) is 0 Å². The zero-order valence-corrected chi connectivity index (χ0v) is 9.34. The fraction of sp³-hybridized carbons (Fsp3) is 1.00. The van der Waals surface area contributed by atoms with Crippen LogP contribution in [0.1, 0.15) is 51.9 Å². The van der Waals surface area contributed by atoms with Gasteiger partial charge in [0.1, 0.15) is 0 Å². The lowest BCUT2D eigenvalue weighted by molar-refractivity contribution is 0.504. The molecule has 3 atom stereocenters. The molecule has 1 aliphatic carbocycles. The van der Waals surface area contributed by atoms with Crippen molar-refractivity contribution in [2.45, 2.75) is 63.1 Å². The van der Waals surface area contributed by atoms with Gasteiger partial charge in [-0.05, 0) is 30.8 Å². The summed E-state index contributed by atoms with van der Waals surface area (Å²) >= 11 is 0. The number of hydrogen-bond acceptors (Lipinski definition) is 1. The van der Waals surface area contributed by atoms with Crippen molar-refractivity contribution in [1.82, 2.24) is 0 Å². The van der Waals surface area contributed by atoms with Crippen LogP contribution in [0.3, 0.4) is 0 Å². The Bertz CT molecular complexity index is 134. The highest BCUT2D eigenvalue weighted by atomic mass is 31.0. The minimum atomic E-state index is 0.476. The van der Waals surface area contributed by atoms with Crippen molar-refractivity contribution in [2.24, 2.45) is 5.73 Å². The molecule has 12 heavy (non-hydrogen) atoms. The first kappa shape index (κ1) is 10.5. The van der Waals surface area contributed by atoms with E-state index in [0.29, 0.717) is 11.2 Å². The van der Waals surface area contributed by atoms with Gasteiger partial charge >= 0.3 is 0 Å². The van der Waals surface area contributed by atoms with Gasteiger partial charge in [-0.15, -0.1) is 9.24 Å². The minimum Gasteiger partial charge on any atom is -0.328 e. The maximum Gasteiger partial charge on any atom is 0.00388 e. The molecule has 0 heterocycles. The van der Waals surface area contributed by atoms with Gasteiger partial charge in [0.15, 0.2) is 0 Å². The second-order valence-corrected chi connectivity index (χ2v) is 5.95. The van der Waals surface area contributed by atoms with E-state index < -0.39 is 0 Å². The van der Waals surface area contributed by atoms with E-state index in [4.69, 9.17) is 5.73 Å². The van der Waals surface area contributed by atoms with Crippen molar-refractivity contribution in [3.63, 3.8) is 0 Å². The summed E-state index contributed by atoms with van der Waals surface area (Å²) in [6.45, 7) is 2.36. The summed E-state index contributed by atoms with van der Waals surface area (Å²) in [4.78, 5) is 0. The first-order valence-electron chi connectivity index (χ1n) is 5.15. The van der Waals surface area contributed by atoms with E-state index in [9.17, 15) is 0 Å². The van der Waals surface area contributed by atoms with E-state index in [1.54, 1.807) is 0 Å². The number of hydrogen-bond donors (Lipinski definition) is 1. The average molecular weight is 187 g/mol. The highest BCUT2D eigenvalue weighted by molar-refractivity contribution is 7.18. The zero-order valence-electron chi connectivity index (χ0n) is 8.18. The quantitative estimate of drug-likeness (QED) is 0.580. The van der Waals surface area contributed by atoms with Gasteiger partial charge in [0.05, 0.1) is 0 Å². The molecule has 0 aromatic heterocycles. The standard InChI is InChI=1S/C10H22NP/c1-10(12)7-3-2-5-9(11)6-4-8-10/h9H,2-8,11-12H2,1H3. The number of nitrogens with two attached hydrogens (primary N) is 1. The zero-order chi connectivity index (χ0) is 9.03. The van der Waals surface area contributed by atoms with Gasteiger partial charge in [-0.2, -0.15) is 0 Å². The van der Waals surface area contributed by atoms with E-state index in [1.165, 1.54) is 44.9 Å². The molecule has 3 unspecified atom stereocenters. The largest absolute Gasteiger partial charge is 0.328 e. The Kier molecular flexibility index (Phi) is 3.99. The van der Waals surface area contributed by atoms with Gasteiger partial charge in [-0.3, -0.25) is 0 Å². The molecule has 0 amide bonds. The SMILES string of the molecule is CC1(P)CCCCC(N)CCC1. The molecule has 1 nitrogen and oxygen atoms in total. The second kappa shape index (κ2) is 4.58. The summed E-state index contributed by atoms with van der Waals surface area (Å²) in [6.07, 6.45) is 9.13. The Morgan fingerprint density at radius 2 is 1.75 bits per heavy atom. The van der Waals surface area contributed by atoms with Gasteiger partial charge < -0.3 is 5.73 Å². The molecule has 0 aromatic rings. The topological polar surface area (TPSA) is 26.0 Å². The van der Waals surface area contributed by atoms with Gasteiger partial charge in [-0.1, -0.05) is 26.2 Å². The minimum absolute atomic E-state index is 0.476. The second-order valence-electron chi connectivity index (χ2n) is 4.55. The molecule has 0 radical (unpaired) electrons. The van der Waals surface area contributed by atoms with Crippen LogP contribution >= 0.6 is 9.24 Å². The lowest BCUT2D eigenvalue weighted by atomic mass is 9.98. The molecular formula is C10H22NP. The van der Waals surface area contributed by atoms with Crippen molar-refractivity contribution in [3.05, 3.63) is 0 Å². The van der Waals surface area contributed by atoms with E-state index in [0.717, 1.165) is 0 Å². The normalized spacial score (nSPS) is 39.8. The van der Waals surface area contributed by atoms with Crippen LogP contribution in [0.4, 0.5) is 0 Å². The fourth-order valence-corrected chi connectivity index (χ4v) is 2.38. The van der Waals surface area contributed by atoms with Crippen LogP contribution < -0.4 is 5.73 Å². The van der Waals surface area contributed by atoms with Crippen molar-refractivity contribution in [3.8, 4) is 0 Å². The summed E-state index contributed by atoms with van der Waals surface area (Å²) in [7, 11) is 3.01. The molecular weight excluding hydrogens is 165 g/mol. The third-order valence-electron chi connectivity index (χ3n) is 2.90. The maximum absolute atomic E-state index is 5.96. The van der Waals surface area contributed by atoms with Crippen molar-refractivity contribution in [1.29, 1.82) is 0 Å². The Morgan fingerprint density at radius 3 is 2.50 bits per heavy atom. The molecule has 0 bridgehead atoms. The smallest absolute Gasteiger partial charge is 0.00388 e. The molecule has 0 spiro atoms. The van der Waals surface area contributed by atoms with Crippen LogP contribution in [0.15, 0.2) is 0 Å². The highest BCUT2D eigenvalue weighted by Crippen LogP contribution is 2.32. The lowest BCUT2D eigenvalue weighted by Gasteiger charge is -2.23. The summed E-state index contributed by atoms with van der Waals surface area (Å²) in [5.41, 5.74) is 5.96. The predicted molar refractivity (Wildman–Crippen MR) is 58.4 cm³/mol. The average Bonchev–Trinajstić information content (AvgIpc) is 2.02. The molecule has 1 fully saturated rings. The van der Waals surface area contributed by atoms with E-state index in [-0.39, 0.29) is 0 Å². The van der Waals surface area contributed by atoms with E-state index in [1.807, 2.05) is 0 Å². The van der Waals surface area contributed by atoms with Crippen LogP contribution in [-0.2, 0) is 0 Å². The monoisotopic (exact) mass is 187 g/mol. The van der Waals surface area contributed by atoms with Gasteiger partial charge in [-0.25, -0.2) is 0 Å². The summed E-state index contributed by atoms with van der Waals surface area (Å²) < 4.78 is 0. The summed E-state index contributed by atoms with van der Waals surface area (Å²) in [5, 5.41) is 0.490. The molecule has 0 aliphatic heterocycles. The predicted octanol–water partition coefficient (Wildman–Crippen LogP) is 2.69. The summed E-state index contributed by atoms with van der Waals surface area (Å²) in [6, 6.07) is 0.476. The highest BCUT2D eigenvalue weighted by Gasteiger charge is 2.19. The molecule has 2 heteroatoms. The fourth-order valence-electron chi connectivity index (χ4n) is 1.97. The van der Waals surface area contributed by atoms with Crippen LogP contribution in [0.5, 0.6) is 0 Å². The van der Waals surface area contributed by atoms with Crippen molar-refractivity contribution < 1.29 is 0 Å². The summed E-state index contributed by atoms with van der Waals surface area (Å²) in [5.74, 6) is 0. The lowest BCUT2D eigenvalue weighted by Crippen LogP contribution is -2.19. The Morgan fingerprint density at radius 1 is 1.17 bits per heavy atom. The van der Waals surface area contributed by atoms with Crippen molar-refractivity contribution in [2.75, 3.05) is 0 Å². The molecule has 72 valence electrons. The van der Waals surface area contributed by atoms with Crippen LogP contribution in [-0.4, -0.2) is 11.2 Å². The van der Waals surface area contributed by atoms with Crippen LogP contribution in [0, 0.1) is 0 Å². The van der Waals surface area contributed by atoms with Crippen LogP contribution in [0.25, 0.3) is 0 Å². The molecule has 1 saturated carbocycles. The Labute approximate surface area is 78.7 Å². The molecule has 1 aliphatic rings. The molecule has 0 saturated heterocycles. The first-order chi connectivity index (χ1) is 5.60. The first-order valence-corrected chi connectivity index (χ1v) is 5.72. The van der Waals surface area contributed by atoms with E-state index >= 15 is 0 Å². The Balaban J connectivity index is 2.37. The molecule has 2 N–H and O–H groups in total. The van der Waals surface area contributed by atoms with E-state index in [2.05, 4.69) is 16.2 Å². The molecule has 0 aromatic carbocycles.